The standard InChI is InChI=1S/C16H18BrCl2NO/c1-5-14(19)8-13(11(3)17)9-16(20)15(12(4)21)7-6-10(2)18/h5-8,20-21H,2-3,9H2,1,4H3/b7-6-,13-8-,14-5+,15-12-,20-16?. The monoisotopic (exact) mass is 389 g/mol. The Kier molecular flexibility index (Phi) is 9.34. The van der Waals surface area contributed by atoms with E-state index in [2.05, 4.69) is 29.1 Å². The molecular formula is C16H18BrCl2NO. The number of halogens is 3. The second kappa shape index (κ2) is 9.82. The Balaban J connectivity index is 5.40. The maximum absolute atomic E-state index is 9.70. The van der Waals surface area contributed by atoms with Gasteiger partial charge in [0.15, 0.2) is 0 Å². The summed E-state index contributed by atoms with van der Waals surface area (Å²) in [5.74, 6) is 0.0332. The lowest BCUT2D eigenvalue weighted by atomic mass is 10.0. The van der Waals surface area contributed by atoms with E-state index in [0.717, 1.165) is 5.57 Å². The predicted molar refractivity (Wildman–Crippen MR) is 97.6 cm³/mol. The van der Waals surface area contributed by atoms with E-state index in [9.17, 15) is 5.11 Å². The van der Waals surface area contributed by atoms with Gasteiger partial charge in [0, 0.05) is 32.3 Å². The summed E-state index contributed by atoms with van der Waals surface area (Å²) < 4.78 is 0.632. The van der Waals surface area contributed by atoms with Crippen molar-refractivity contribution in [2.24, 2.45) is 0 Å². The smallest absolute Gasteiger partial charge is 0.0982 e. The van der Waals surface area contributed by atoms with E-state index in [-0.39, 0.29) is 17.9 Å². The first-order valence-electron chi connectivity index (χ1n) is 6.06. The molecule has 0 aliphatic rings. The van der Waals surface area contributed by atoms with Gasteiger partial charge in [0.2, 0.25) is 0 Å². The number of rotatable bonds is 7. The number of hydrogen-bond acceptors (Lipinski definition) is 2. The minimum atomic E-state index is 0.0332. The third-order valence-corrected chi connectivity index (χ3v) is 3.41. The summed E-state index contributed by atoms with van der Waals surface area (Å²) in [6.07, 6.45) is 6.81. The fourth-order valence-electron chi connectivity index (χ4n) is 1.37. The first-order chi connectivity index (χ1) is 9.68. The van der Waals surface area contributed by atoms with Crippen LogP contribution in [0.25, 0.3) is 0 Å². The first-order valence-corrected chi connectivity index (χ1v) is 7.61. The zero-order valence-corrected chi connectivity index (χ0v) is 15.1. The molecule has 0 rings (SSSR count). The van der Waals surface area contributed by atoms with Crippen molar-refractivity contribution >= 4 is 44.8 Å². The molecule has 0 aromatic rings. The minimum Gasteiger partial charge on any atom is -0.512 e. The fourth-order valence-corrected chi connectivity index (χ4v) is 1.82. The summed E-state index contributed by atoms with van der Waals surface area (Å²) in [4.78, 5) is 0. The van der Waals surface area contributed by atoms with E-state index in [1.54, 1.807) is 18.2 Å². The average molecular weight is 391 g/mol. The lowest BCUT2D eigenvalue weighted by Gasteiger charge is -2.10. The molecular weight excluding hydrogens is 373 g/mol. The molecule has 5 heteroatoms. The van der Waals surface area contributed by atoms with Crippen molar-refractivity contribution in [3.8, 4) is 0 Å². The van der Waals surface area contributed by atoms with Gasteiger partial charge in [-0.2, -0.15) is 0 Å². The summed E-state index contributed by atoms with van der Waals surface area (Å²) in [5, 5.41) is 18.7. The molecule has 2 N–H and O–H groups in total. The molecule has 0 saturated heterocycles. The Morgan fingerprint density at radius 1 is 1.29 bits per heavy atom. The van der Waals surface area contributed by atoms with Crippen LogP contribution < -0.4 is 0 Å². The summed E-state index contributed by atoms with van der Waals surface area (Å²) in [6, 6.07) is 0. The van der Waals surface area contributed by atoms with Gasteiger partial charge in [-0.25, -0.2) is 0 Å². The zero-order valence-electron chi connectivity index (χ0n) is 12.0. The second-order valence-corrected chi connectivity index (χ2v) is 6.06. The first kappa shape index (κ1) is 20.0. The average Bonchev–Trinajstić information content (AvgIpc) is 2.36. The number of hydrogen-bond donors (Lipinski definition) is 2. The SMILES string of the molecule is C=C(Cl)/C=C\C(C(=N)C/C(=C/C(Cl)=C\C)C(=C)Br)=C(/C)O. The van der Waals surface area contributed by atoms with Gasteiger partial charge in [0.25, 0.3) is 0 Å². The number of allylic oxidation sites excluding steroid dienone is 10. The Bertz CT molecular complexity index is 565. The number of aliphatic hydroxyl groups is 1. The topological polar surface area (TPSA) is 44.1 Å². The molecule has 0 amide bonds. The van der Waals surface area contributed by atoms with E-state index in [1.807, 2.05) is 6.92 Å². The van der Waals surface area contributed by atoms with Crippen molar-refractivity contribution < 1.29 is 5.11 Å². The molecule has 0 aliphatic heterocycles. The molecule has 0 unspecified atom stereocenters. The van der Waals surface area contributed by atoms with Crippen molar-refractivity contribution in [1.29, 1.82) is 5.41 Å². The van der Waals surface area contributed by atoms with Crippen molar-refractivity contribution in [2.45, 2.75) is 20.3 Å². The Morgan fingerprint density at radius 2 is 1.86 bits per heavy atom. The lowest BCUT2D eigenvalue weighted by Crippen LogP contribution is -2.04. The highest BCUT2D eigenvalue weighted by Gasteiger charge is 2.11. The highest BCUT2D eigenvalue weighted by Crippen LogP contribution is 2.24. The molecule has 0 aromatic heterocycles. The van der Waals surface area contributed by atoms with E-state index in [0.29, 0.717) is 20.1 Å². The lowest BCUT2D eigenvalue weighted by molar-refractivity contribution is 0.412. The van der Waals surface area contributed by atoms with Gasteiger partial charge in [-0.1, -0.05) is 58.4 Å². The maximum atomic E-state index is 9.70. The summed E-state index contributed by atoms with van der Waals surface area (Å²) in [6.45, 7) is 10.7. The zero-order chi connectivity index (χ0) is 16.6. The third-order valence-electron chi connectivity index (χ3n) is 2.45. The summed E-state index contributed by atoms with van der Waals surface area (Å²) in [5.41, 5.74) is 1.35. The third kappa shape index (κ3) is 8.10. The van der Waals surface area contributed by atoms with Gasteiger partial charge >= 0.3 is 0 Å². The van der Waals surface area contributed by atoms with Crippen LogP contribution in [0.3, 0.4) is 0 Å². The Labute approximate surface area is 144 Å². The molecule has 0 aromatic carbocycles. The van der Waals surface area contributed by atoms with Crippen LogP contribution in [0, 0.1) is 5.41 Å². The van der Waals surface area contributed by atoms with Gasteiger partial charge in [-0.3, -0.25) is 0 Å². The molecule has 21 heavy (non-hydrogen) atoms. The molecule has 0 radical (unpaired) electrons. The molecule has 0 bridgehead atoms. The van der Waals surface area contributed by atoms with Crippen molar-refractivity contribution in [1.82, 2.24) is 0 Å². The number of nitrogens with one attached hydrogen (secondary N) is 1. The predicted octanol–water partition coefficient (Wildman–Crippen LogP) is 6.51. The van der Waals surface area contributed by atoms with E-state index < -0.39 is 0 Å². The largest absolute Gasteiger partial charge is 0.512 e. The van der Waals surface area contributed by atoms with Crippen LogP contribution in [-0.2, 0) is 0 Å². The van der Waals surface area contributed by atoms with Gasteiger partial charge in [-0.05, 0) is 37.6 Å². The van der Waals surface area contributed by atoms with Crippen LogP contribution in [0.5, 0.6) is 0 Å². The quantitative estimate of drug-likeness (QED) is 0.290. The van der Waals surface area contributed by atoms with E-state index >= 15 is 0 Å². The van der Waals surface area contributed by atoms with E-state index in [1.165, 1.54) is 13.0 Å². The normalized spacial score (nSPS) is 14.1. The molecule has 2 nitrogen and oxygen atoms in total. The fraction of sp³-hybridized carbons (Fsp3) is 0.188. The van der Waals surface area contributed by atoms with Crippen LogP contribution in [0.15, 0.2) is 68.9 Å². The molecule has 114 valence electrons. The van der Waals surface area contributed by atoms with E-state index in [4.69, 9.17) is 28.6 Å². The summed E-state index contributed by atoms with van der Waals surface area (Å²) in [7, 11) is 0. The van der Waals surface area contributed by atoms with Gasteiger partial charge in [-0.15, -0.1) is 0 Å². The molecule has 0 saturated carbocycles. The Morgan fingerprint density at radius 3 is 2.24 bits per heavy atom. The van der Waals surface area contributed by atoms with Crippen LogP contribution in [0.4, 0.5) is 0 Å². The highest BCUT2D eigenvalue weighted by atomic mass is 79.9. The van der Waals surface area contributed by atoms with Gasteiger partial charge in [0.05, 0.1) is 5.76 Å². The molecule has 0 atom stereocenters. The van der Waals surface area contributed by atoms with Gasteiger partial charge < -0.3 is 10.5 Å². The minimum absolute atomic E-state index is 0.0332. The number of aliphatic hydroxyl groups excluding tert-OH is 1. The van der Waals surface area contributed by atoms with Crippen LogP contribution in [-0.4, -0.2) is 10.8 Å². The van der Waals surface area contributed by atoms with Crippen LogP contribution in [0.1, 0.15) is 20.3 Å². The molecule has 0 fully saturated rings. The van der Waals surface area contributed by atoms with Crippen molar-refractivity contribution in [3.05, 3.63) is 68.9 Å². The molecule has 0 spiro atoms. The van der Waals surface area contributed by atoms with Gasteiger partial charge in [0.1, 0.15) is 0 Å². The van der Waals surface area contributed by atoms with Crippen molar-refractivity contribution in [3.63, 3.8) is 0 Å². The van der Waals surface area contributed by atoms with Crippen LogP contribution >= 0.6 is 39.1 Å². The van der Waals surface area contributed by atoms with Crippen LogP contribution in [0.2, 0.25) is 0 Å². The van der Waals surface area contributed by atoms with Crippen molar-refractivity contribution in [2.75, 3.05) is 0 Å². The Hall–Kier alpha value is -1.03. The molecule has 0 heterocycles. The second-order valence-electron chi connectivity index (χ2n) is 4.18. The molecule has 0 aliphatic carbocycles. The summed E-state index contributed by atoms with van der Waals surface area (Å²) >= 11 is 14.9. The highest BCUT2D eigenvalue weighted by molar-refractivity contribution is 9.11. The maximum Gasteiger partial charge on any atom is 0.0982 e.